The summed E-state index contributed by atoms with van der Waals surface area (Å²) in [5, 5.41) is 10.9. The van der Waals surface area contributed by atoms with Gasteiger partial charge in [-0.15, -0.1) is 10.2 Å². The second kappa shape index (κ2) is 7.50. The third kappa shape index (κ3) is 3.89. The summed E-state index contributed by atoms with van der Waals surface area (Å²) in [4.78, 5) is 14.3. The number of ether oxygens (including phenoxy) is 1. The van der Waals surface area contributed by atoms with Gasteiger partial charge in [-0.3, -0.25) is 0 Å². The van der Waals surface area contributed by atoms with Gasteiger partial charge in [0.15, 0.2) is 0 Å². The topological polar surface area (TPSA) is 72.3 Å². The van der Waals surface area contributed by atoms with Gasteiger partial charge in [-0.1, -0.05) is 0 Å². The minimum absolute atomic E-state index is 0.156. The molecule has 1 aliphatic heterocycles. The maximum absolute atomic E-state index is 13.6. The number of urea groups is 1. The third-order valence-electron chi connectivity index (χ3n) is 4.42. The fourth-order valence-electron chi connectivity index (χ4n) is 3.15. The molecule has 3 rings (SSSR count). The Morgan fingerprint density at radius 1 is 1.44 bits per heavy atom. The van der Waals surface area contributed by atoms with Crippen LogP contribution in [0.3, 0.4) is 0 Å². The van der Waals surface area contributed by atoms with Crippen LogP contribution >= 0.6 is 0 Å². The van der Waals surface area contributed by atoms with E-state index in [0.29, 0.717) is 24.5 Å². The molecule has 1 atom stereocenters. The zero-order valence-electron chi connectivity index (χ0n) is 14.4. The molecule has 2 aromatic rings. The van der Waals surface area contributed by atoms with E-state index in [4.69, 9.17) is 4.74 Å². The number of carbonyl (C=O) groups is 1. The summed E-state index contributed by atoms with van der Waals surface area (Å²) in [5.74, 6) is 0.974. The molecule has 0 spiro atoms. The second-order valence-electron chi connectivity index (χ2n) is 6.07. The number of benzene rings is 1. The molecule has 7 nitrogen and oxygen atoms in total. The lowest BCUT2D eigenvalue weighted by molar-refractivity contribution is 0.190. The molecule has 134 valence electrons. The van der Waals surface area contributed by atoms with Crippen LogP contribution < -0.4 is 10.1 Å². The van der Waals surface area contributed by atoms with Gasteiger partial charge in [0.05, 0.1) is 7.11 Å². The van der Waals surface area contributed by atoms with Crippen molar-refractivity contribution in [3.63, 3.8) is 0 Å². The van der Waals surface area contributed by atoms with E-state index in [-0.39, 0.29) is 11.9 Å². The van der Waals surface area contributed by atoms with Gasteiger partial charge in [-0.05, 0) is 25.8 Å². The van der Waals surface area contributed by atoms with Gasteiger partial charge in [0.25, 0.3) is 0 Å². The smallest absolute Gasteiger partial charge is 0.321 e. The lowest BCUT2D eigenvalue weighted by Gasteiger charge is -2.32. The normalized spacial score (nSPS) is 17.4. The molecule has 1 fully saturated rings. The number of nitrogens with one attached hydrogen (secondary N) is 1. The Balaban J connectivity index is 1.69. The molecule has 0 bridgehead atoms. The van der Waals surface area contributed by atoms with Gasteiger partial charge in [0.1, 0.15) is 23.7 Å². The van der Waals surface area contributed by atoms with E-state index in [1.54, 1.807) is 17.3 Å². The summed E-state index contributed by atoms with van der Waals surface area (Å²) < 4.78 is 20.6. The number of anilines is 1. The van der Waals surface area contributed by atoms with Gasteiger partial charge < -0.3 is 19.5 Å². The van der Waals surface area contributed by atoms with Crippen molar-refractivity contribution < 1.29 is 13.9 Å². The van der Waals surface area contributed by atoms with E-state index in [2.05, 4.69) is 15.5 Å². The highest BCUT2D eigenvalue weighted by molar-refractivity contribution is 5.89. The third-order valence-corrected chi connectivity index (χ3v) is 4.42. The largest absolute Gasteiger partial charge is 0.497 e. The molecular weight excluding hydrogens is 325 g/mol. The molecule has 8 heteroatoms. The first-order chi connectivity index (χ1) is 12.1. The molecule has 0 saturated carbocycles. The second-order valence-corrected chi connectivity index (χ2v) is 6.07. The summed E-state index contributed by atoms with van der Waals surface area (Å²) in [7, 11) is 1.46. The van der Waals surface area contributed by atoms with E-state index in [9.17, 15) is 9.18 Å². The van der Waals surface area contributed by atoms with E-state index in [0.717, 1.165) is 25.2 Å². The van der Waals surface area contributed by atoms with Crippen molar-refractivity contribution in [2.45, 2.75) is 32.2 Å². The Kier molecular flexibility index (Phi) is 5.16. The number of likely N-dealkylation sites (tertiary alicyclic amines) is 1. The average molecular weight is 347 g/mol. The summed E-state index contributed by atoms with van der Waals surface area (Å²) >= 11 is 0. The number of hydrogen-bond acceptors (Lipinski definition) is 4. The standard InChI is InChI=1S/C17H22FN5O2/c1-3-22-11-19-21-16(22)12-5-4-6-23(10-12)17(24)20-14-7-13(18)8-15(9-14)25-2/h7-9,11-12H,3-6,10H2,1-2H3,(H,20,24)/t12-/m1/s1. The van der Waals surface area contributed by atoms with Gasteiger partial charge in [0, 0.05) is 43.4 Å². The molecule has 1 aliphatic rings. The van der Waals surface area contributed by atoms with Gasteiger partial charge in [-0.25, -0.2) is 9.18 Å². The molecule has 25 heavy (non-hydrogen) atoms. The van der Waals surface area contributed by atoms with Crippen LogP contribution in [0.1, 0.15) is 31.5 Å². The first kappa shape index (κ1) is 17.2. The highest BCUT2D eigenvalue weighted by Crippen LogP contribution is 2.26. The number of aryl methyl sites for hydroxylation is 1. The Morgan fingerprint density at radius 2 is 2.28 bits per heavy atom. The Bertz CT molecular complexity index is 748. The fraction of sp³-hybridized carbons (Fsp3) is 0.471. The van der Waals surface area contributed by atoms with Crippen LogP contribution in [0.5, 0.6) is 5.75 Å². The number of rotatable bonds is 4. The van der Waals surface area contributed by atoms with Crippen molar-refractivity contribution in [2.24, 2.45) is 0 Å². The summed E-state index contributed by atoms with van der Waals surface area (Å²) in [6, 6.07) is 3.88. The minimum atomic E-state index is -0.456. The molecule has 2 amide bonds. The van der Waals surface area contributed by atoms with Crippen molar-refractivity contribution in [1.29, 1.82) is 0 Å². The highest BCUT2D eigenvalue weighted by Gasteiger charge is 2.27. The first-order valence-electron chi connectivity index (χ1n) is 8.39. The quantitative estimate of drug-likeness (QED) is 0.923. The number of halogens is 1. The van der Waals surface area contributed by atoms with Crippen LogP contribution in [0.25, 0.3) is 0 Å². The molecule has 0 unspecified atom stereocenters. The van der Waals surface area contributed by atoms with Crippen molar-refractivity contribution in [2.75, 3.05) is 25.5 Å². The van der Waals surface area contributed by atoms with Crippen LogP contribution in [0.15, 0.2) is 24.5 Å². The Labute approximate surface area is 145 Å². The van der Waals surface area contributed by atoms with Crippen LogP contribution in [-0.2, 0) is 6.54 Å². The van der Waals surface area contributed by atoms with E-state index < -0.39 is 5.82 Å². The lowest BCUT2D eigenvalue weighted by Crippen LogP contribution is -2.42. The van der Waals surface area contributed by atoms with Gasteiger partial charge in [0.2, 0.25) is 0 Å². The molecule has 2 heterocycles. The molecule has 1 N–H and O–H groups in total. The van der Waals surface area contributed by atoms with Crippen molar-refractivity contribution in [1.82, 2.24) is 19.7 Å². The lowest BCUT2D eigenvalue weighted by atomic mass is 9.97. The van der Waals surface area contributed by atoms with Crippen LogP contribution in [-0.4, -0.2) is 45.9 Å². The van der Waals surface area contributed by atoms with Gasteiger partial charge >= 0.3 is 6.03 Å². The molecule has 0 aliphatic carbocycles. The molecular formula is C17H22FN5O2. The number of nitrogens with zero attached hydrogens (tertiary/aromatic N) is 4. The Morgan fingerprint density at radius 3 is 3.04 bits per heavy atom. The molecule has 1 saturated heterocycles. The predicted molar refractivity (Wildman–Crippen MR) is 91.2 cm³/mol. The SMILES string of the molecule is CCn1cnnc1[C@@H]1CCCN(C(=O)Nc2cc(F)cc(OC)c2)C1. The average Bonchev–Trinajstić information content (AvgIpc) is 3.10. The number of amides is 2. The molecule has 1 aromatic carbocycles. The van der Waals surface area contributed by atoms with Crippen molar-refractivity contribution in [3.8, 4) is 5.75 Å². The number of aromatic nitrogens is 3. The van der Waals surface area contributed by atoms with Crippen LogP contribution in [0.4, 0.5) is 14.9 Å². The highest BCUT2D eigenvalue weighted by atomic mass is 19.1. The fourth-order valence-corrected chi connectivity index (χ4v) is 3.15. The van der Waals surface area contributed by atoms with E-state index in [1.807, 2.05) is 11.5 Å². The number of carbonyl (C=O) groups excluding carboxylic acids is 1. The van der Waals surface area contributed by atoms with E-state index in [1.165, 1.54) is 19.2 Å². The number of piperidine rings is 1. The zero-order valence-corrected chi connectivity index (χ0v) is 14.4. The van der Waals surface area contributed by atoms with Crippen LogP contribution in [0.2, 0.25) is 0 Å². The van der Waals surface area contributed by atoms with E-state index >= 15 is 0 Å². The van der Waals surface area contributed by atoms with Crippen LogP contribution in [0, 0.1) is 5.82 Å². The number of methoxy groups -OCH3 is 1. The Hall–Kier alpha value is -2.64. The summed E-state index contributed by atoms with van der Waals surface area (Å²) in [5.41, 5.74) is 0.376. The minimum Gasteiger partial charge on any atom is -0.497 e. The first-order valence-corrected chi connectivity index (χ1v) is 8.39. The van der Waals surface area contributed by atoms with Crippen molar-refractivity contribution in [3.05, 3.63) is 36.2 Å². The molecule has 1 aromatic heterocycles. The maximum Gasteiger partial charge on any atom is 0.321 e. The predicted octanol–water partition coefficient (Wildman–Crippen LogP) is 2.86. The zero-order chi connectivity index (χ0) is 17.8. The maximum atomic E-state index is 13.6. The summed E-state index contributed by atoms with van der Waals surface area (Å²) in [6.45, 7) is 4.07. The monoisotopic (exact) mass is 347 g/mol. The van der Waals surface area contributed by atoms with Gasteiger partial charge in [-0.2, -0.15) is 0 Å². The molecule has 0 radical (unpaired) electrons. The summed E-state index contributed by atoms with van der Waals surface area (Å²) in [6.07, 6.45) is 3.57. The number of hydrogen-bond donors (Lipinski definition) is 1. The van der Waals surface area contributed by atoms with Crippen molar-refractivity contribution >= 4 is 11.7 Å².